The molecule has 0 aliphatic heterocycles. The van der Waals surface area contributed by atoms with Crippen molar-refractivity contribution >= 4 is 21.6 Å². The molecular formula is C19H24N2O3S. The number of anilines is 1. The fourth-order valence-electron chi connectivity index (χ4n) is 2.52. The van der Waals surface area contributed by atoms with Gasteiger partial charge in [0.25, 0.3) is 0 Å². The molecule has 1 atom stereocenters. The molecule has 1 N–H and O–H groups in total. The monoisotopic (exact) mass is 360 g/mol. The summed E-state index contributed by atoms with van der Waals surface area (Å²) in [7, 11) is -2.12. The molecule has 0 bridgehead atoms. The Balaban J connectivity index is 2.29. The van der Waals surface area contributed by atoms with Gasteiger partial charge in [0.1, 0.15) is 6.04 Å². The molecule has 134 valence electrons. The molecule has 0 fully saturated rings. The maximum absolute atomic E-state index is 12.8. The Morgan fingerprint density at radius 3 is 2.00 bits per heavy atom. The second-order valence-electron chi connectivity index (χ2n) is 6.36. The summed E-state index contributed by atoms with van der Waals surface area (Å²) in [6.07, 6.45) is 1.09. The normalized spacial score (nSPS) is 13.0. The van der Waals surface area contributed by atoms with Crippen molar-refractivity contribution in [1.29, 1.82) is 0 Å². The number of hydrogen-bond donors (Lipinski definition) is 1. The van der Waals surface area contributed by atoms with Gasteiger partial charge in [-0.1, -0.05) is 56.3 Å². The number of nitrogens with zero attached hydrogens (tertiary/aromatic N) is 1. The minimum Gasteiger partial charge on any atom is -0.324 e. The van der Waals surface area contributed by atoms with Gasteiger partial charge < -0.3 is 5.32 Å². The molecule has 0 aliphatic carbocycles. The molecule has 6 heteroatoms. The number of benzene rings is 2. The Hall–Kier alpha value is -2.18. The van der Waals surface area contributed by atoms with Crippen molar-refractivity contribution in [2.75, 3.05) is 18.6 Å². The van der Waals surface area contributed by atoms with Crippen LogP contribution < -0.4 is 5.32 Å². The lowest BCUT2D eigenvalue weighted by molar-refractivity contribution is -0.119. The first-order valence-corrected chi connectivity index (χ1v) is 9.93. The first-order valence-electron chi connectivity index (χ1n) is 8.09. The summed E-state index contributed by atoms with van der Waals surface area (Å²) in [5.41, 5.74) is 2.43. The maximum atomic E-state index is 12.8. The van der Waals surface area contributed by atoms with Crippen molar-refractivity contribution in [3.8, 4) is 0 Å². The van der Waals surface area contributed by atoms with Crippen molar-refractivity contribution in [2.24, 2.45) is 0 Å². The molecule has 1 amide bonds. The van der Waals surface area contributed by atoms with Crippen molar-refractivity contribution in [2.45, 2.75) is 25.8 Å². The van der Waals surface area contributed by atoms with E-state index < -0.39 is 22.0 Å². The fraction of sp³-hybridized carbons (Fsp3) is 0.316. The molecule has 2 aromatic rings. The summed E-state index contributed by atoms with van der Waals surface area (Å²) in [5, 5.41) is 2.81. The molecule has 0 aromatic heterocycles. The van der Waals surface area contributed by atoms with E-state index in [1.54, 1.807) is 24.3 Å². The van der Waals surface area contributed by atoms with Gasteiger partial charge in [-0.3, -0.25) is 4.79 Å². The number of likely N-dealkylation sites (N-methyl/N-ethyl adjacent to an activating group) is 1. The van der Waals surface area contributed by atoms with Gasteiger partial charge in [-0.15, -0.1) is 0 Å². The number of carbonyl (C=O) groups excluding carboxylic acids is 1. The van der Waals surface area contributed by atoms with Crippen LogP contribution in [-0.2, 0) is 14.8 Å². The number of sulfonamides is 1. The van der Waals surface area contributed by atoms with E-state index in [1.807, 2.05) is 30.3 Å². The van der Waals surface area contributed by atoms with Crippen LogP contribution in [0.1, 0.15) is 36.9 Å². The Kier molecular flexibility index (Phi) is 5.98. The smallest absolute Gasteiger partial charge is 0.247 e. The van der Waals surface area contributed by atoms with Crippen LogP contribution in [0, 0.1) is 0 Å². The first-order chi connectivity index (χ1) is 11.7. The van der Waals surface area contributed by atoms with E-state index in [2.05, 4.69) is 19.2 Å². The van der Waals surface area contributed by atoms with E-state index in [4.69, 9.17) is 0 Å². The molecule has 1 unspecified atom stereocenters. The highest BCUT2D eigenvalue weighted by Gasteiger charge is 2.30. The SMILES string of the molecule is CC(C)c1ccc(NC(=O)C(c2ccccc2)N(C)S(C)(=O)=O)cc1. The molecule has 5 nitrogen and oxygen atoms in total. The number of hydrogen-bond acceptors (Lipinski definition) is 3. The predicted octanol–water partition coefficient (Wildman–Crippen LogP) is 3.38. The van der Waals surface area contributed by atoms with Gasteiger partial charge in [-0.05, 0) is 29.2 Å². The Morgan fingerprint density at radius 1 is 0.960 bits per heavy atom. The van der Waals surface area contributed by atoms with Gasteiger partial charge in [0, 0.05) is 12.7 Å². The topological polar surface area (TPSA) is 66.5 Å². The van der Waals surface area contributed by atoms with Gasteiger partial charge in [-0.2, -0.15) is 4.31 Å². The molecular weight excluding hydrogens is 336 g/mol. The molecule has 0 saturated heterocycles. The molecule has 0 radical (unpaired) electrons. The summed E-state index contributed by atoms with van der Waals surface area (Å²) in [6.45, 7) is 4.19. The predicted molar refractivity (Wildman–Crippen MR) is 101 cm³/mol. The summed E-state index contributed by atoms with van der Waals surface area (Å²) in [4.78, 5) is 12.8. The molecule has 25 heavy (non-hydrogen) atoms. The van der Waals surface area contributed by atoms with E-state index in [9.17, 15) is 13.2 Å². The van der Waals surface area contributed by atoms with Gasteiger partial charge in [0.2, 0.25) is 15.9 Å². The summed E-state index contributed by atoms with van der Waals surface area (Å²) >= 11 is 0. The summed E-state index contributed by atoms with van der Waals surface area (Å²) in [5.74, 6) is 0.00890. The van der Waals surface area contributed by atoms with Gasteiger partial charge in [-0.25, -0.2) is 8.42 Å². The molecule has 2 aromatic carbocycles. The minimum atomic E-state index is -3.53. The van der Waals surface area contributed by atoms with Gasteiger partial charge >= 0.3 is 0 Å². The van der Waals surface area contributed by atoms with E-state index >= 15 is 0 Å². The van der Waals surface area contributed by atoms with Crippen LogP contribution in [0.3, 0.4) is 0 Å². The minimum absolute atomic E-state index is 0.392. The fourth-order valence-corrected chi connectivity index (χ4v) is 3.12. The molecule has 0 spiro atoms. The Labute approximate surface area is 149 Å². The molecule has 2 rings (SSSR count). The average molecular weight is 360 g/mol. The van der Waals surface area contributed by atoms with Crippen LogP contribution in [0.4, 0.5) is 5.69 Å². The van der Waals surface area contributed by atoms with Crippen molar-refractivity contribution in [3.63, 3.8) is 0 Å². The number of nitrogens with one attached hydrogen (secondary N) is 1. The van der Waals surface area contributed by atoms with Crippen LogP contribution in [0.15, 0.2) is 54.6 Å². The van der Waals surface area contributed by atoms with Crippen molar-refractivity contribution in [1.82, 2.24) is 4.31 Å². The zero-order valence-corrected chi connectivity index (χ0v) is 15.7. The van der Waals surface area contributed by atoms with Crippen LogP contribution in [0.25, 0.3) is 0 Å². The average Bonchev–Trinajstić information content (AvgIpc) is 2.55. The Bertz CT molecular complexity index is 816. The standard InChI is InChI=1S/C19H24N2O3S/c1-14(2)15-10-12-17(13-11-15)20-19(22)18(21(3)25(4,23)24)16-8-6-5-7-9-16/h5-14,18H,1-4H3,(H,20,22). The zero-order valence-electron chi connectivity index (χ0n) is 14.9. The van der Waals surface area contributed by atoms with Crippen molar-refractivity contribution in [3.05, 3.63) is 65.7 Å². The van der Waals surface area contributed by atoms with Crippen LogP contribution in [0.5, 0.6) is 0 Å². The first kappa shape index (κ1) is 19.1. The van der Waals surface area contributed by atoms with E-state index in [0.717, 1.165) is 10.6 Å². The van der Waals surface area contributed by atoms with Crippen LogP contribution >= 0.6 is 0 Å². The second kappa shape index (κ2) is 7.80. The zero-order chi connectivity index (χ0) is 18.6. The maximum Gasteiger partial charge on any atom is 0.247 e. The Morgan fingerprint density at radius 2 is 1.52 bits per heavy atom. The highest BCUT2D eigenvalue weighted by molar-refractivity contribution is 7.88. The second-order valence-corrected chi connectivity index (χ2v) is 8.40. The largest absolute Gasteiger partial charge is 0.324 e. The highest BCUT2D eigenvalue weighted by atomic mass is 32.2. The number of rotatable bonds is 6. The highest BCUT2D eigenvalue weighted by Crippen LogP contribution is 2.24. The lowest BCUT2D eigenvalue weighted by atomic mass is 10.0. The third-order valence-corrected chi connectivity index (χ3v) is 5.35. The summed E-state index contributed by atoms with van der Waals surface area (Å²) in [6, 6.07) is 15.5. The molecule has 0 aliphatic rings. The van der Waals surface area contributed by atoms with E-state index in [1.165, 1.54) is 12.6 Å². The third kappa shape index (κ3) is 4.90. The summed E-state index contributed by atoms with van der Waals surface area (Å²) < 4.78 is 25.0. The van der Waals surface area contributed by atoms with Crippen LogP contribution in [0.2, 0.25) is 0 Å². The van der Waals surface area contributed by atoms with E-state index in [-0.39, 0.29) is 0 Å². The van der Waals surface area contributed by atoms with Crippen molar-refractivity contribution < 1.29 is 13.2 Å². The molecule has 0 heterocycles. The van der Waals surface area contributed by atoms with Crippen LogP contribution in [-0.4, -0.2) is 31.9 Å². The van der Waals surface area contributed by atoms with Gasteiger partial charge in [0.05, 0.1) is 6.26 Å². The lowest BCUT2D eigenvalue weighted by Crippen LogP contribution is -2.38. The van der Waals surface area contributed by atoms with Gasteiger partial charge in [0.15, 0.2) is 0 Å². The third-order valence-electron chi connectivity index (χ3n) is 4.10. The lowest BCUT2D eigenvalue weighted by Gasteiger charge is -2.25. The van der Waals surface area contributed by atoms with E-state index in [0.29, 0.717) is 17.2 Å². The number of amides is 1. The number of carbonyl (C=O) groups is 1. The molecule has 0 saturated carbocycles. The quantitative estimate of drug-likeness (QED) is 0.859.